The largest absolute Gasteiger partial charge is 0.393 e. The predicted octanol–water partition coefficient (Wildman–Crippen LogP) is 3.35. The molecule has 0 atom stereocenters. The molecular weight excluding hydrogens is 204 g/mol. The highest BCUT2D eigenvalue weighted by Crippen LogP contribution is 2.11. The van der Waals surface area contributed by atoms with Crippen molar-refractivity contribution >= 4 is 9.28 Å². The Hall–Kier alpha value is -0.123. The fraction of sp³-hybridized carbons (Fsp3) is 0.833. The maximum Gasteiger partial charge on any atom is 0.351 e. The maximum absolute atomic E-state index is 5.77. The van der Waals surface area contributed by atoms with E-state index in [1.54, 1.807) is 0 Å². The van der Waals surface area contributed by atoms with Gasteiger partial charge in [0.15, 0.2) is 0 Å². The van der Waals surface area contributed by atoms with Gasteiger partial charge in [-0.3, -0.25) is 0 Å². The second kappa shape index (κ2) is 10.4. The molecule has 0 aliphatic rings. The van der Waals surface area contributed by atoms with Gasteiger partial charge in [-0.2, -0.15) is 0 Å². The molecule has 0 aromatic heterocycles. The van der Waals surface area contributed by atoms with Gasteiger partial charge in [-0.25, -0.2) is 0 Å². The number of allylic oxidation sites excluding steroid dienone is 1. The molecule has 0 saturated heterocycles. The highest BCUT2D eigenvalue weighted by molar-refractivity contribution is 6.53. The number of unbranched alkanes of at least 4 members (excludes halogenated alkanes) is 1. The molecule has 3 heteroatoms. The van der Waals surface area contributed by atoms with Gasteiger partial charge in [-0.15, -0.1) is 0 Å². The van der Waals surface area contributed by atoms with E-state index < -0.39 is 9.28 Å². The fourth-order valence-electron chi connectivity index (χ4n) is 1.26. The van der Waals surface area contributed by atoms with Crippen molar-refractivity contribution in [2.24, 2.45) is 0 Å². The number of rotatable bonds is 10. The summed E-state index contributed by atoms with van der Waals surface area (Å²) in [5.74, 6) is 0. The van der Waals surface area contributed by atoms with E-state index in [0.717, 1.165) is 32.5 Å². The third-order valence-electron chi connectivity index (χ3n) is 2.13. The first-order valence-corrected chi connectivity index (χ1v) is 7.69. The summed E-state index contributed by atoms with van der Waals surface area (Å²) in [5.41, 5.74) is 0. The van der Waals surface area contributed by atoms with E-state index >= 15 is 0 Å². The van der Waals surface area contributed by atoms with Gasteiger partial charge in [-0.05, 0) is 24.5 Å². The van der Waals surface area contributed by atoms with Crippen molar-refractivity contribution < 1.29 is 8.85 Å². The molecule has 0 rings (SSSR count). The molecular formula is C12H26O2Si. The Kier molecular flexibility index (Phi) is 10.3. The van der Waals surface area contributed by atoms with E-state index in [0.29, 0.717) is 0 Å². The molecule has 0 fully saturated rings. The van der Waals surface area contributed by atoms with Crippen molar-refractivity contribution in [3.63, 3.8) is 0 Å². The van der Waals surface area contributed by atoms with Gasteiger partial charge in [0.1, 0.15) is 0 Å². The van der Waals surface area contributed by atoms with Crippen LogP contribution in [-0.4, -0.2) is 22.5 Å². The molecule has 0 aliphatic carbocycles. The normalized spacial score (nSPS) is 10.9. The summed E-state index contributed by atoms with van der Waals surface area (Å²) >= 11 is 0. The summed E-state index contributed by atoms with van der Waals surface area (Å²) < 4.78 is 11.5. The summed E-state index contributed by atoms with van der Waals surface area (Å²) in [6, 6.07) is 0. The lowest BCUT2D eigenvalue weighted by molar-refractivity contribution is 0.203. The third kappa shape index (κ3) is 7.77. The van der Waals surface area contributed by atoms with Gasteiger partial charge in [0, 0.05) is 13.2 Å². The highest BCUT2D eigenvalue weighted by Gasteiger charge is 2.16. The first kappa shape index (κ1) is 14.9. The number of hydrogen-bond acceptors (Lipinski definition) is 2. The second-order valence-electron chi connectivity index (χ2n) is 3.84. The van der Waals surface area contributed by atoms with Crippen LogP contribution in [0.2, 0.25) is 0 Å². The summed E-state index contributed by atoms with van der Waals surface area (Å²) in [6.45, 7) is 12.2. The smallest absolute Gasteiger partial charge is 0.351 e. The molecule has 0 N–H and O–H groups in total. The minimum absolute atomic E-state index is 0.811. The van der Waals surface area contributed by atoms with E-state index in [4.69, 9.17) is 8.85 Å². The standard InChI is InChI=1S/C12H26O2Si/c1-5-8-9-12(4)15(13-10-6-2)14-11-7-3/h15H,4-11H2,1-3H3. The molecule has 2 nitrogen and oxygen atoms in total. The van der Waals surface area contributed by atoms with Crippen LogP contribution >= 0.6 is 0 Å². The minimum atomic E-state index is -1.59. The van der Waals surface area contributed by atoms with Gasteiger partial charge in [0.25, 0.3) is 0 Å². The van der Waals surface area contributed by atoms with Gasteiger partial charge < -0.3 is 8.85 Å². The van der Waals surface area contributed by atoms with Crippen LogP contribution in [0.5, 0.6) is 0 Å². The monoisotopic (exact) mass is 230 g/mol. The van der Waals surface area contributed by atoms with Crippen LogP contribution in [0.25, 0.3) is 0 Å². The Bertz CT molecular complexity index is 152. The van der Waals surface area contributed by atoms with Crippen molar-refractivity contribution in [2.75, 3.05) is 13.2 Å². The van der Waals surface area contributed by atoms with Crippen molar-refractivity contribution in [1.29, 1.82) is 0 Å². The first-order valence-electron chi connectivity index (χ1n) is 6.17. The molecule has 0 aromatic rings. The maximum atomic E-state index is 5.77. The second-order valence-corrected chi connectivity index (χ2v) is 5.98. The molecule has 0 bridgehead atoms. The molecule has 0 unspecified atom stereocenters. The van der Waals surface area contributed by atoms with Gasteiger partial charge >= 0.3 is 9.28 Å². The van der Waals surface area contributed by atoms with Crippen LogP contribution in [0.15, 0.2) is 11.8 Å². The zero-order valence-electron chi connectivity index (χ0n) is 10.6. The zero-order valence-corrected chi connectivity index (χ0v) is 11.7. The van der Waals surface area contributed by atoms with Crippen molar-refractivity contribution in [1.82, 2.24) is 0 Å². The van der Waals surface area contributed by atoms with Crippen LogP contribution in [0, 0.1) is 0 Å². The lowest BCUT2D eigenvalue weighted by atomic mass is 10.2. The summed E-state index contributed by atoms with van der Waals surface area (Å²) in [6.07, 6.45) is 5.59. The van der Waals surface area contributed by atoms with Crippen molar-refractivity contribution in [3.05, 3.63) is 11.8 Å². The van der Waals surface area contributed by atoms with E-state index in [-0.39, 0.29) is 0 Å². The Labute approximate surface area is 96.5 Å². The number of hydrogen-bond donors (Lipinski definition) is 0. The van der Waals surface area contributed by atoms with E-state index in [2.05, 4.69) is 27.4 Å². The van der Waals surface area contributed by atoms with Crippen LogP contribution in [0.4, 0.5) is 0 Å². The van der Waals surface area contributed by atoms with E-state index in [1.165, 1.54) is 18.0 Å². The average Bonchev–Trinajstić information content (AvgIpc) is 2.26. The topological polar surface area (TPSA) is 18.5 Å². The molecule has 0 aromatic carbocycles. The van der Waals surface area contributed by atoms with Gasteiger partial charge in [0.05, 0.1) is 0 Å². The molecule has 90 valence electrons. The van der Waals surface area contributed by atoms with Crippen LogP contribution in [0.1, 0.15) is 52.9 Å². The Morgan fingerprint density at radius 3 is 1.93 bits per heavy atom. The zero-order chi connectivity index (χ0) is 11.5. The van der Waals surface area contributed by atoms with Crippen molar-refractivity contribution in [2.45, 2.75) is 52.9 Å². The molecule has 0 spiro atoms. The third-order valence-corrected chi connectivity index (χ3v) is 4.16. The predicted molar refractivity (Wildman–Crippen MR) is 68.3 cm³/mol. The molecule has 15 heavy (non-hydrogen) atoms. The lowest BCUT2D eigenvalue weighted by Gasteiger charge is -2.18. The Balaban J connectivity index is 3.90. The first-order chi connectivity index (χ1) is 7.26. The SMILES string of the molecule is C=C(CCCC)[SiH](OCCC)OCCC. The molecule has 0 heterocycles. The molecule has 0 aliphatic heterocycles. The van der Waals surface area contributed by atoms with Crippen LogP contribution in [-0.2, 0) is 8.85 Å². The van der Waals surface area contributed by atoms with E-state index in [1.807, 2.05) is 0 Å². The van der Waals surface area contributed by atoms with E-state index in [9.17, 15) is 0 Å². The van der Waals surface area contributed by atoms with Crippen LogP contribution < -0.4 is 0 Å². The quantitative estimate of drug-likeness (QED) is 0.536. The highest BCUT2D eigenvalue weighted by atomic mass is 28.3. The Morgan fingerprint density at radius 1 is 1.00 bits per heavy atom. The molecule has 0 saturated carbocycles. The van der Waals surface area contributed by atoms with Gasteiger partial charge in [0.2, 0.25) is 0 Å². The summed E-state index contributed by atoms with van der Waals surface area (Å²) in [5, 5.41) is 1.22. The van der Waals surface area contributed by atoms with Gasteiger partial charge in [-0.1, -0.05) is 40.2 Å². The fourth-order valence-corrected chi connectivity index (χ4v) is 3.16. The average molecular weight is 230 g/mol. The minimum Gasteiger partial charge on any atom is -0.393 e. The summed E-state index contributed by atoms with van der Waals surface area (Å²) in [7, 11) is -1.59. The van der Waals surface area contributed by atoms with Crippen LogP contribution in [0.3, 0.4) is 0 Å². The molecule has 0 radical (unpaired) electrons. The summed E-state index contributed by atoms with van der Waals surface area (Å²) in [4.78, 5) is 0. The molecule has 0 amide bonds. The van der Waals surface area contributed by atoms with Crippen molar-refractivity contribution in [3.8, 4) is 0 Å². The lowest BCUT2D eigenvalue weighted by Crippen LogP contribution is -2.26. The Morgan fingerprint density at radius 2 is 1.53 bits per heavy atom.